The topological polar surface area (TPSA) is 37.3 Å². The van der Waals surface area contributed by atoms with E-state index in [1.807, 2.05) is 0 Å². The van der Waals surface area contributed by atoms with Crippen LogP contribution >= 0.6 is 0 Å². The van der Waals surface area contributed by atoms with E-state index in [9.17, 15) is 4.79 Å². The Labute approximate surface area is 153 Å². The van der Waals surface area contributed by atoms with Gasteiger partial charge in [-0.15, -0.1) is 0 Å². The number of carboxylic acid groups (broad SMARTS) is 1. The summed E-state index contributed by atoms with van der Waals surface area (Å²) < 4.78 is 0. The standard InChI is InChI=1S/C20H30O2.Li/c1-2-3-4-5-6-7-8-9-10-11-12-13-14-15-16-17-18-19-20(21)22;/h3-4,6-7,9-10,12-13,15-16H,2,5,8,11,14,17-19H2,1H3,(H,21,22);/b4-3-,7-6-,10-9-,13-12-,16-15-;. The first kappa shape index (κ1) is 24.0. The first-order valence-electron chi connectivity index (χ1n) is 8.24. The van der Waals surface area contributed by atoms with Crippen molar-refractivity contribution in [1.82, 2.24) is 0 Å². The summed E-state index contributed by atoms with van der Waals surface area (Å²) in [6.07, 6.45) is 28.4. The third-order valence-corrected chi connectivity index (χ3v) is 2.92. The maximum atomic E-state index is 10.3. The van der Waals surface area contributed by atoms with Gasteiger partial charge in [-0.2, -0.15) is 0 Å². The molecule has 1 N–H and O–H groups in total. The third-order valence-electron chi connectivity index (χ3n) is 2.92. The van der Waals surface area contributed by atoms with Crippen molar-refractivity contribution in [1.29, 1.82) is 0 Å². The zero-order valence-corrected chi connectivity index (χ0v) is 14.8. The van der Waals surface area contributed by atoms with Gasteiger partial charge in [-0.05, 0) is 44.9 Å². The Morgan fingerprint density at radius 2 is 1.13 bits per heavy atom. The van der Waals surface area contributed by atoms with E-state index in [0.29, 0.717) is 0 Å². The molecule has 23 heavy (non-hydrogen) atoms. The fraction of sp³-hybridized carbons (Fsp3) is 0.450. The maximum absolute atomic E-state index is 10.3. The number of hydrogen-bond donors (Lipinski definition) is 1. The molecular formula is C20H30LiO2. The minimum absolute atomic E-state index is 0. The van der Waals surface area contributed by atoms with E-state index in [1.165, 1.54) is 0 Å². The summed E-state index contributed by atoms with van der Waals surface area (Å²) in [7, 11) is 0. The van der Waals surface area contributed by atoms with Gasteiger partial charge in [-0.3, -0.25) is 4.79 Å². The van der Waals surface area contributed by atoms with Crippen molar-refractivity contribution in [3.05, 3.63) is 60.8 Å². The average molecular weight is 309 g/mol. The second-order valence-corrected chi connectivity index (χ2v) is 4.99. The molecule has 0 fully saturated rings. The molecule has 0 aliphatic carbocycles. The Morgan fingerprint density at radius 1 is 0.739 bits per heavy atom. The number of aliphatic carboxylic acids is 1. The Balaban J connectivity index is 0. The van der Waals surface area contributed by atoms with Crippen molar-refractivity contribution in [2.45, 2.75) is 58.3 Å². The van der Waals surface area contributed by atoms with E-state index in [4.69, 9.17) is 5.11 Å². The van der Waals surface area contributed by atoms with Gasteiger partial charge in [0.05, 0.1) is 0 Å². The number of rotatable bonds is 13. The predicted molar refractivity (Wildman–Crippen MR) is 102 cm³/mol. The van der Waals surface area contributed by atoms with Gasteiger partial charge in [0.15, 0.2) is 0 Å². The molecule has 1 radical (unpaired) electrons. The summed E-state index contributed by atoms with van der Waals surface area (Å²) in [6.45, 7) is 2.14. The van der Waals surface area contributed by atoms with E-state index >= 15 is 0 Å². The Hall–Kier alpha value is -1.23. The molecule has 0 aromatic carbocycles. The van der Waals surface area contributed by atoms with Gasteiger partial charge in [0.2, 0.25) is 0 Å². The molecule has 0 aromatic heterocycles. The Morgan fingerprint density at radius 3 is 1.52 bits per heavy atom. The van der Waals surface area contributed by atoms with Crippen molar-refractivity contribution in [2.24, 2.45) is 0 Å². The molecule has 123 valence electrons. The van der Waals surface area contributed by atoms with Crippen LogP contribution in [0.3, 0.4) is 0 Å². The van der Waals surface area contributed by atoms with Gasteiger partial charge in [-0.1, -0.05) is 67.7 Å². The summed E-state index contributed by atoms with van der Waals surface area (Å²) >= 11 is 0. The van der Waals surface area contributed by atoms with Crippen molar-refractivity contribution >= 4 is 24.8 Å². The van der Waals surface area contributed by atoms with E-state index in [0.717, 1.165) is 44.9 Å². The second kappa shape index (κ2) is 20.8. The second-order valence-electron chi connectivity index (χ2n) is 4.99. The molecule has 0 saturated carbocycles. The minimum Gasteiger partial charge on any atom is -0.481 e. The van der Waals surface area contributed by atoms with Crippen molar-refractivity contribution in [3.8, 4) is 0 Å². The molecule has 0 aromatic rings. The molecular weight excluding hydrogens is 279 g/mol. The molecule has 3 heteroatoms. The third kappa shape index (κ3) is 23.2. The van der Waals surface area contributed by atoms with E-state index in [-0.39, 0.29) is 25.3 Å². The number of carboxylic acids is 1. The van der Waals surface area contributed by atoms with Gasteiger partial charge < -0.3 is 5.11 Å². The largest absolute Gasteiger partial charge is 0.481 e. The minimum atomic E-state index is -0.715. The maximum Gasteiger partial charge on any atom is 0.303 e. The quantitative estimate of drug-likeness (QED) is 0.273. The molecule has 0 spiro atoms. The summed E-state index contributed by atoms with van der Waals surface area (Å²) in [5.41, 5.74) is 0. The van der Waals surface area contributed by atoms with Crippen LogP contribution in [0.5, 0.6) is 0 Å². The Bertz CT molecular complexity index is 404. The zero-order valence-electron chi connectivity index (χ0n) is 14.8. The molecule has 0 unspecified atom stereocenters. The molecule has 0 bridgehead atoms. The summed E-state index contributed by atoms with van der Waals surface area (Å²) in [5.74, 6) is -0.715. The zero-order chi connectivity index (χ0) is 16.3. The fourth-order valence-electron chi connectivity index (χ4n) is 1.74. The normalized spacial score (nSPS) is 12.2. The molecule has 2 nitrogen and oxygen atoms in total. The molecule has 0 saturated heterocycles. The molecule has 0 heterocycles. The first-order valence-corrected chi connectivity index (χ1v) is 8.24. The van der Waals surface area contributed by atoms with Gasteiger partial charge in [-0.25, -0.2) is 0 Å². The average Bonchev–Trinajstić information content (AvgIpc) is 2.50. The van der Waals surface area contributed by atoms with Crippen LogP contribution < -0.4 is 0 Å². The first-order chi connectivity index (χ1) is 10.8. The number of allylic oxidation sites excluding steroid dienone is 10. The van der Waals surface area contributed by atoms with Crippen molar-refractivity contribution in [2.75, 3.05) is 0 Å². The van der Waals surface area contributed by atoms with Crippen LogP contribution in [-0.4, -0.2) is 29.9 Å². The predicted octanol–water partition coefficient (Wildman–Crippen LogP) is 5.61. The van der Waals surface area contributed by atoms with Crippen LogP contribution in [0.1, 0.15) is 58.3 Å². The molecule has 0 aliphatic heterocycles. The monoisotopic (exact) mass is 309 g/mol. The molecule has 0 aliphatic rings. The van der Waals surface area contributed by atoms with E-state index in [2.05, 4.69) is 67.7 Å². The van der Waals surface area contributed by atoms with E-state index < -0.39 is 5.97 Å². The van der Waals surface area contributed by atoms with Crippen LogP contribution in [0.2, 0.25) is 0 Å². The smallest absolute Gasteiger partial charge is 0.303 e. The van der Waals surface area contributed by atoms with Crippen molar-refractivity contribution < 1.29 is 9.90 Å². The molecule has 0 amide bonds. The number of unbranched alkanes of at least 4 members (excludes halogenated alkanes) is 1. The van der Waals surface area contributed by atoms with Crippen LogP contribution in [-0.2, 0) is 4.79 Å². The van der Waals surface area contributed by atoms with Gasteiger partial charge in [0, 0.05) is 25.3 Å². The Kier molecular flexibility index (Phi) is 21.7. The molecule has 0 rings (SSSR count). The fourth-order valence-corrected chi connectivity index (χ4v) is 1.74. The van der Waals surface area contributed by atoms with Crippen LogP contribution in [0.25, 0.3) is 0 Å². The van der Waals surface area contributed by atoms with Gasteiger partial charge in [0.1, 0.15) is 0 Å². The van der Waals surface area contributed by atoms with Crippen LogP contribution in [0, 0.1) is 0 Å². The van der Waals surface area contributed by atoms with E-state index in [1.54, 1.807) is 0 Å². The molecule has 0 atom stereocenters. The van der Waals surface area contributed by atoms with Crippen LogP contribution in [0.4, 0.5) is 0 Å². The number of hydrogen-bond acceptors (Lipinski definition) is 1. The summed E-state index contributed by atoms with van der Waals surface area (Å²) in [5, 5.41) is 8.49. The van der Waals surface area contributed by atoms with Crippen molar-refractivity contribution in [3.63, 3.8) is 0 Å². The van der Waals surface area contributed by atoms with Gasteiger partial charge >= 0.3 is 5.97 Å². The summed E-state index contributed by atoms with van der Waals surface area (Å²) in [6, 6.07) is 0. The summed E-state index contributed by atoms with van der Waals surface area (Å²) in [4.78, 5) is 10.3. The number of carbonyl (C=O) groups is 1. The van der Waals surface area contributed by atoms with Crippen LogP contribution in [0.15, 0.2) is 60.8 Å². The SMILES string of the molecule is CC/C=C\C/C=C\C/C=C\C/C=C\C/C=C\CCCC(=O)O.[Li]. The van der Waals surface area contributed by atoms with Gasteiger partial charge in [0.25, 0.3) is 0 Å².